The molecule has 0 aromatic carbocycles. The predicted octanol–water partition coefficient (Wildman–Crippen LogP) is 2.01. The van der Waals surface area contributed by atoms with Crippen molar-refractivity contribution in [2.75, 3.05) is 7.11 Å². The zero-order valence-electron chi connectivity index (χ0n) is 7.17. The highest BCUT2D eigenvalue weighted by Crippen LogP contribution is 2.10. The van der Waals surface area contributed by atoms with Gasteiger partial charge in [0.2, 0.25) is 0 Å². The van der Waals surface area contributed by atoms with Crippen molar-refractivity contribution < 1.29 is 13.2 Å². The van der Waals surface area contributed by atoms with E-state index in [0.717, 1.165) is 0 Å². The lowest BCUT2D eigenvalue weighted by Crippen LogP contribution is -1.89. The summed E-state index contributed by atoms with van der Waals surface area (Å²) in [6.45, 7) is 3.13. The Hall–Kier alpha value is -0.480. The number of allylic oxidation sites excluding steroid dienone is 4. The molecule has 0 saturated heterocycles. The van der Waals surface area contributed by atoms with E-state index < -0.39 is 9.05 Å². The van der Waals surface area contributed by atoms with Crippen LogP contribution in [-0.4, -0.2) is 15.5 Å². The molecule has 0 amide bonds. The maximum absolute atomic E-state index is 10.7. The van der Waals surface area contributed by atoms with E-state index in [4.69, 9.17) is 15.4 Å². The van der Waals surface area contributed by atoms with E-state index in [-0.39, 0.29) is 4.91 Å². The van der Waals surface area contributed by atoms with Gasteiger partial charge in [-0.3, -0.25) is 0 Å². The van der Waals surface area contributed by atoms with E-state index in [1.807, 2.05) is 0 Å². The molecule has 0 aliphatic heterocycles. The Morgan fingerprint density at radius 3 is 2.17 bits per heavy atom. The third kappa shape index (κ3) is 4.41. The molecule has 0 rings (SSSR count). The van der Waals surface area contributed by atoms with Crippen LogP contribution in [0, 0.1) is 0 Å². The van der Waals surface area contributed by atoms with Crippen LogP contribution in [0.1, 0.15) is 13.8 Å². The van der Waals surface area contributed by atoms with Crippen LogP contribution in [0.15, 0.2) is 22.8 Å². The van der Waals surface area contributed by atoms with Gasteiger partial charge in [-0.1, -0.05) is 0 Å². The summed E-state index contributed by atoms with van der Waals surface area (Å²) in [6, 6.07) is 0. The second kappa shape index (κ2) is 4.52. The van der Waals surface area contributed by atoms with Crippen molar-refractivity contribution in [1.82, 2.24) is 0 Å². The van der Waals surface area contributed by atoms with Gasteiger partial charge in [0.1, 0.15) is 0 Å². The van der Waals surface area contributed by atoms with Crippen molar-refractivity contribution in [3.05, 3.63) is 22.8 Å². The lowest BCUT2D eigenvalue weighted by molar-refractivity contribution is 0.294. The van der Waals surface area contributed by atoms with Gasteiger partial charge in [0.05, 0.1) is 17.8 Å². The number of rotatable bonds is 3. The van der Waals surface area contributed by atoms with Gasteiger partial charge < -0.3 is 4.74 Å². The highest BCUT2D eigenvalue weighted by atomic mass is 35.7. The van der Waals surface area contributed by atoms with Crippen LogP contribution in [0.4, 0.5) is 0 Å². The van der Waals surface area contributed by atoms with E-state index in [0.29, 0.717) is 5.76 Å². The fourth-order valence-electron chi connectivity index (χ4n) is 0.384. The van der Waals surface area contributed by atoms with E-state index in [2.05, 4.69) is 0 Å². The molecular weight excluding hydrogens is 200 g/mol. The molecule has 0 fully saturated rings. The second-order valence-corrected chi connectivity index (χ2v) is 4.94. The van der Waals surface area contributed by atoms with Crippen LogP contribution in [0.3, 0.4) is 0 Å². The van der Waals surface area contributed by atoms with Gasteiger partial charge >= 0.3 is 0 Å². The first kappa shape index (κ1) is 11.5. The molecule has 0 bridgehead atoms. The van der Waals surface area contributed by atoms with Crippen LogP contribution in [0.25, 0.3) is 0 Å². The Balaban J connectivity index is 4.62. The van der Waals surface area contributed by atoms with Crippen LogP contribution in [-0.2, 0) is 13.8 Å². The minimum absolute atomic E-state index is 0.0977. The highest BCUT2D eigenvalue weighted by molar-refractivity contribution is 8.16. The smallest absolute Gasteiger partial charge is 0.257 e. The number of halogens is 1. The molecule has 0 radical (unpaired) electrons. The topological polar surface area (TPSA) is 43.4 Å². The summed E-state index contributed by atoms with van der Waals surface area (Å²) in [6.07, 6.45) is 2.93. The number of hydrogen-bond acceptors (Lipinski definition) is 3. The summed E-state index contributed by atoms with van der Waals surface area (Å²) >= 11 is 0. The Bertz CT molecular complexity index is 301. The second-order valence-electron chi connectivity index (χ2n) is 2.20. The molecule has 0 spiro atoms. The molecule has 70 valence electrons. The van der Waals surface area contributed by atoms with Crippen molar-refractivity contribution in [2.24, 2.45) is 0 Å². The molecule has 0 aromatic rings. The van der Waals surface area contributed by atoms with E-state index in [9.17, 15) is 8.42 Å². The molecule has 0 aliphatic rings. The van der Waals surface area contributed by atoms with Crippen LogP contribution >= 0.6 is 10.7 Å². The van der Waals surface area contributed by atoms with Crippen molar-refractivity contribution in [3.8, 4) is 0 Å². The summed E-state index contributed by atoms with van der Waals surface area (Å²) < 4.78 is 26.1. The van der Waals surface area contributed by atoms with Gasteiger partial charge in [0.25, 0.3) is 9.05 Å². The minimum Gasteiger partial charge on any atom is -0.501 e. The first-order valence-corrected chi connectivity index (χ1v) is 5.52. The van der Waals surface area contributed by atoms with E-state index in [1.54, 1.807) is 6.92 Å². The maximum atomic E-state index is 10.7. The lowest BCUT2D eigenvalue weighted by Gasteiger charge is -1.95. The summed E-state index contributed by atoms with van der Waals surface area (Å²) in [5.74, 6) is 0.620. The fraction of sp³-hybridized carbons (Fsp3) is 0.429. The summed E-state index contributed by atoms with van der Waals surface area (Å²) in [5.41, 5.74) is 0. The quantitative estimate of drug-likeness (QED) is 0.407. The molecule has 0 atom stereocenters. The summed E-state index contributed by atoms with van der Waals surface area (Å²) in [4.78, 5) is 0.0977. The van der Waals surface area contributed by atoms with Crippen LogP contribution in [0.2, 0.25) is 0 Å². The third-order valence-corrected chi connectivity index (χ3v) is 2.89. The first-order chi connectivity index (χ1) is 5.38. The Labute approximate surface area is 77.1 Å². The van der Waals surface area contributed by atoms with Crippen molar-refractivity contribution >= 4 is 19.7 Å². The molecular formula is C7H11ClO3S. The van der Waals surface area contributed by atoms with Crippen molar-refractivity contribution in [3.63, 3.8) is 0 Å². The van der Waals surface area contributed by atoms with Gasteiger partial charge in [0, 0.05) is 10.7 Å². The third-order valence-electron chi connectivity index (χ3n) is 1.26. The largest absolute Gasteiger partial charge is 0.501 e. The molecule has 0 unspecified atom stereocenters. The molecule has 0 aromatic heterocycles. The molecule has 0 heterocycles. The van der Waals surface area contributed by atoms with Gasteiger partial charge in [-0.05, 0) is 26.0 Å². The molecule has 0 saturated carbocycles. The van der Waals surface area contributed by atoms with Crippen molar-refractivity contribution in [1.29, 1.82) is 0 Å². The van der Waals surface area contributed by atoms with Gasteiger partial charge in [-0.15, -0.1) is 0 Å². The first-order valence-electron chi connectivity index (χ1n) is 3.21. The minimum atomic E-state index is -3.57. The molecule has 0 aliphatic carbocycles. The molecule has 0 N–H and O–H groups in total. The standard InChI is InChI=1S/C7H11ClO3S/c1-6(11-3)4-5-7(2)12(8,9)10/h4-5H,1-3H3/b6-4+,7-5+. The van der Waals surface area contributed by atoms with Gasteiger partial charge in [-0.2, -0.15) is 0 Å². The van der Waals surface area contributed by atoms with Gasteiger partial charge in [-0.25, -0.2) is 8.42 Å². The summed E-state index contributed by atoms with van der Waals surface area (Å²) in [7, 11) is 2.97. The Morgan fingerprint density at radius 1 is 1.33 bits per heavy atom. The van der Waals surface area contributed by atoms with E-state index >= 15 is 0 Å². The summed E-state index contributed by atoms with van der Waals surface area (Å²) in [5, 5.41) is 0. The molecule has 5 heteroatoms. The van der Waals surface area contributed by atoms with Gasteiger partial charge in [0.15, 0.2) is 0 Å². The predicted molar refractivity (Wildman–Crippen MR) is 49.3 cm³/mol. The lowest BCUT2D eigenvalue weighted by atomic mass is 10.4. The maximum Gasteiger partial charge on any atom is 0.257 e. The normalized spacial score (nSPS) is 14.7. The number of methoxy groups -OCH3 is 1. The zero-order valence-corrected chi connectivity index (χ0v) is 8.74. The Morgan fingerprint density at radius 2 is 1.83 bits per heavy atom. The molecule has 12 heavy (non-hydrogen) atoms. The molecule has 3 nitrogen and oxygen atoms in total. The Kier molecular flexibility index (Phi) is 4.34. The SMILES string of the molecule is CO/C(C)=C/C=C(\C)S(=O)(=O)Cl. The number of hydrogen-bond donors (Lipinski definition) is 0. The monoisotopic (exact) mass is 210 g/mol. The van der Waals surface area contributed by atoms with Crippen molar-refractivity contribution in [2.45, 2.75) is 13.8 Å². The van der Waals surface area contributed by atoms with Crippen LogP contribution in [0.5, 0.6) is 0 Å². The fourth-order valence-corrected chi connectivity index (χ4v) is 0.769. The average molecular weight is 211 g/mol. The van der Waals surface area contributed by atoms with E-state index in [1.165, 1.54) is 26.2 Å². The highest BCUT2D eigenvalue weighted by Gasteiger charge is 2.05. The van der Waals surface area contributed by atoms with Crippen LogP contribution < -0.4 is 0 Å². The number of ether oxygens (including phenoxy) is 1. The average Bonchev–Trinajstić information content (AvgIpc) is 1.97. The zero-order chi connectivity index (χ0) is 9.78.